The maximum Gasteiger partial charge on any atom is 0.349 e. The van der Waals surface area contributed by atoms with Crippen LogP contribution in [0.5, 0.6) is 0 Å². The van der Waals surface area contributed by atoms with Gasteiger partial charge in [0, 0.05) is 11.4 Å². The van der Waals surface area contributed by atoms with Gasteiger partial charge in [0.25, 0.3) is 5.91 Å². The molecule has 24 heavy (non-hydrogen) atoms. The predicted octanol–water partition coefficient (Wildman–Crippen LogP) is 3.54. The number of nitrogens with one attached hydrogen (secondary N) is 1. The van der Waals surface area contributed by atoms with Crippen LogP contribution < -0.4 is 10.9 Å². The van der Waals surface area contributed by atoms with Crippen LogP contribution in [0.1, 0.15) is 29.3 Å². The van der Waals surface area contributed by atoms with Gasteiger partial charge < -0.3 is 9.73 Å². The molecule has 1 atom stereocenters. The van der Waals surface area contributed by atoms with Crippen molar-refractivity contribution < 1.29 is 9.21 Å². The zero-order chi connectivity index (χ0) is 16.9. The largest absolute Gasteiger partial charge is 0.422 e. The number of hydrogen-bond donors (Lipinski definition) is 1. The minimum absolute atomic E-state index is 0.0384. The fraction of sp³-hybridized carbons (Fsp3) is 0.200. The molecule has 3 rings (SSSR count). The van der Waals surface area contributed by atoms with Crippen LogP contribution in [0.3, 0.4) is 0 Å². The summed E-state index contributed by atoms with van der Waals surface area (Å²) in [4.78, 5) is 24.4. The first kappa shape index (κ1) is 16.0. The van der Waals surface area contributed by atoms with Gasteiger partial charge in [-0.3, -0.25) is 4.79 Å². The standard InChI is InChI=1S/C20H19NO3/c1-14(11-12-15-7-3-2-4-8-15)21-19(22)17-13-16-9-5-6-10-18(16)24-20(17)23/h2-10,13-14H,11-12H2,1H3,(H,21,22). The van der Waals surface area contributed by atoms with Gasteiger partial charge in [-0.15, -0.1) is 0 Å². The number of rotatable bonds is 5. The molecule has 3 aromatic rings. The number of para-hydroxylation sites is 1. The lowest BCUT2D eigenvalue weighted by Crippen LogP contribution is -2.35. The van der Waals surface area contributed by atoms with Gasteiger partial charge in [-0.05, 0) is 37.5 Å². The van der Waals surface area contributed by atoms with Gasteiger partial charge in [-0.1, -0.05) is 48.5 Å². The Hall–Kier alpha value is -2.88. The maximum atomic E-state index is 12.4. The quantitative estimate of drug-likeness (QED) is 0.731. The predicted molar refractivity (Wildman–Crippen MR) is 94.2 cm³/mol. The molecule has 0 radical (unpaired) electrons. The molecule has 0 aliphatic carbocycles. The lowest BCUT2D eigenvalue weighted by molar-refractivity contribution is 0.0935. The van der Waals surface area contributed by atoms with Gasteiger partial charge in [0.1, 0.15) is 11.1 Å². The van der Waals surface area contributed by atoms with Crippen molar-refractivity contribution in [2.75, 3.05) is 0 Å². The first-order valence-electron chi connectivity index (χ1n) is 8.01. The second kappa shape index (κ2) is 7.13. The van der Waals surface area contributed by atoms with E-state index in [-0.39, 0.29) is 11.6 Å². The zero-order valence-electron chi connectivity index (χ0n) is 13.5. The summed E-state index contributed by atoms with van der Waals surface area (Å²) in [5, 5.41) is 3.61. The summed E-state index contributed by atoms with van der Waals surface area (Å²) in [5.41, 5.74) is 1.14. The Labute approximate surface area is 140 Å². The van der Waals surface area contributed by atoms with Crippen molar-refractivity contribution in [1.82, 2.24) is 5.32 Å². The molecule has 0 bridgehead atoms. The van der Waals surface area contributed by atoms with E-state index in [4.69, 9.17) is 4.42 Å². The first-order valence-corrected chi connectivity index (χ1v) is 8.01. The summed E-state index contributed by atoms with van der Waals surface area (Å²) < 4.78 is 5.21. The minimum atomic E-state index is -0.610. The molecule has 0 aliphatic rings. The highest BCUT2D eigenvalue weighted by atomic mass is 16.4. The summed E-state index contributed by atoms with van der Waals surface area (Å²) in [6, 6.07) is 18.8. The van der Waals surface area contributed by atoms with Crippen LogP contribution in [0.15, 0.2) is 69.9 Å². The molecule has 0 spiro atoms. The van der Waals surface area contributed by atoms with Crippen molar-refractivity contribution in [2.24, 2.45) is 0 Å². The summed E-state index contributed by atoms with van der Waals surface area (Å²) in [5.74, 6) is -0.393. The molecular formula is C20H19NO3. The van der Waals surface area contributed by atoms with E-state index < -0.39 is 11.5 Å². The van der Waals surface area contributed by atoms with Crippen LogP contribution in [0.25, 0.3) is 11.0 Å². The fourth-order valence-electron chi connectivity index (χ4n) is 2.62. The van der Waals surface area contributed by atoms with E-state index in [1.54, 1.807) is 18.2 Å². The number of hydrogen-bond acceptors (Lipinski definition) is 3. The average molecular weight is 321 g/mol. The summed E-state index contributed by atoms with van der Waals surface area (Å²) in [7, 11) is 0. The number of aryl methyl sites for hydroxylation is 1. The second-order valence-electron chi connectivity index (χ2n) is 5.88. The van der Waals surface area contributed by atoms with Crippen LogP contribution in [-0.4, -0.2) is 11.9 Å². The van der Waals surface area contributed by atoms with Crippen LogP contribution >= 0.6 is 0 Å². The third-order valence-electron chi connectivity index (χ3n) is 3.97. The molecular weight excluding hydrogens is 302 g/mol. The van der Waals surface area contributed by atoms with Crippen LogP contribution in [0, 0.1) is 0 Å². The molecule has 4 nitrogen and oxygen atoms in total. The maximum absolute atomic E-state index is 12.4. The lowest BCUT2D eigenvalue weighted by atomic mass is 10.1. The highest BCUT2D eigenvalue weighted by Gasteiger charge is 2.15. The Kier molecular flexibility index (Phi) is 4.75. The van der Waals surface area contributed by atoms with Crippen LogP contribution in [-0.2, 0) is 6.42 Å². The van der Waals surface area contributed by atoms with Crippen molar-refractivity contribution in [3.8, 4) is 0 Å². The Balaban J connectivity index is 1.68. The van der Waals surface area contributed by atoms with E-state index >= 15 is 0 Å². The highest BCUT2D eigenvalue weighted by molar-refractivity contribution is 5.96. The monoisotopic (exact) mass is 321 g/mol. The molecule has 0 saturated carbocycles. The van der Waals surface area contributed by atoms with E-state index in [9.17, 15) is 9.59 Å². The Bertz CT molecular complexity index is 899. The smallest absolute Gasteiger partial charge is 0.349 e. The molecule has 4 heteroatoms. The summed E-state index contributed by atoms with van der Waals surface area (Å²) in [6.07, 6.45) is 1.67. The number of benzene rings is 2. The van der Waals surface area contributed by atoms with Crippen molar-refractivity contribution >= 4 is 16.9 Å². The van der Waals surface area contributed by atoms with Gasteiger partial charge >= 0.3 is 5.63 Å². The van der Waals surface area contributed by atoms with Gasteiger partial charge in [0.15, 0.2) is 0 Å². The van der Waals surface area contributed by atoms with Gasteiger partial charge in [0.2, 0.25) is 0 Å². The first-order chi connectivity index (χ1) is 11.6. The highest BCUT2D eigenvalue weighted by Crippen LogP contribution is 2.13. The number of fused-ring (bicyclic) bond motifs is 1. The van der Waals surface area contributed by atoms with E-state index in [0.717, 1.165) is 18.2 Å². The molecule has 2 aromatic carbocycles. The summed E-state index contributed by atoms with van der Waals surface area (Å²) in [6.45, 7) is 1.93. The molecule has 1 heterocycles. The van der Waals surface area contributed by atoms with Crippen molar-refractivity contribution in [3.63, 3.8) is 0 Å². The molecule has 0 fully saturated rings. The second-order valence-corrected chi connectivity index (χ2v) is 5.88. The third-order valence-corrected chi connectivity index (χ3v) is 3.97. The minimum Gasteiger partial charge on any atom is -0.422 e. The van der Waals surface area contributed by atoms with Crippen LogP contribution in [0.4, 0.5) is 0 Å². The van der Waals surface area contributed by atoms with E-state index in [0.29, 0.717) is 5.58 Å². The number of carbonyl (C=O) groups is 1. The Morgan fingerprint density at radius 3 is 2.58 bits per heavy atom. The van der Waals surface area contributed by atoms with E-state index in [2.05, 4.69) is 17.4 Å². The van der Waals surface area contributed by atoms with Crippen molar-refractivity contribution in [2.45, 2.75) is 25.8 Å². The third kappa shape index (κ3) is 3.71. The van der Waals surface area contributed by atoms with Crippen LogP contribution in [0.2, 0.25) is 0 Å². The molecule has 1 aromatic heterocycles. The summed E-state index contributed by atoms with van der Waals surface area (Å²) >= 11 is 0. The van der Waals surface area contributed by atoms with Crippen molar-refractivity contribution in [1.29, 1.82) is 0 Å². The molecule has 0 aliphatic heterocycles. The van der Waals surface area contributed by atoms with Crippen molar-refractivity contribution in [3.05, 3.63) is 82.2 Å². The Morgan fingerprint density at radius 2 is 1.79 bits per heavy atom. The normalized spacial score (nSPS) is 12.0. The molecule has 1 N–H and O–H groups in total. The molecule has 122 valence electrons. The van der Waals surface area contributed by atoms with Gasteiger partial charge in [-0.2, -0.15) is 0 Å². The van der Waals surface area contributed by atoms with Gasteiger partial charge in [-0.25, -0.2) is 4.79 Å². The molecule has 1 amide bonds. The van der Waals surface area contributed by atoms with E-state index in [1.807, 2.05) is 37.3 Å². The van der Waals surface area contributed by atoms with E-state index in [1.165, 1.54) is 5.56 Å². The lowest BCUT2D eigenvalue weighted by Gasteiger charge is -2.13. The molecule has 1 unspecified atom stereocenters. The average Bonchev–Trinajstić information content (AvgIpc) is 2.60. The number of amides is 1. The molecule has 0 saturated heterocycles. The SMILES string of the molecule is CC(CCc1ccccc1)NC(=O)c1cc2ccccc2oc1=O. The number of carbonyl (C=O) groups excluding carboxylic acids is 1. The zero-order valence-corrected chi connectivity index (χ0v) is 13.5. The van der Waals surface area contributed by atoms with Gasteiger partial charge in [0.05, 0.1) is 0 Å². The Morgan fingerprint density at radius 1 is 1.08 bits per heavy atom. The topological polar surface area (TPSA) is 59.3 Å². The fourth-order valence-corrected chi connectivity index (χ4v) is 2.62.